The van der Waals surface area contributed by atoms with Crippen LogP contribution in [0.2, 0.25) is 0 Å². The molecular formula is C12H17NO4S2. The van der Waals surface area contributed by atoms with Crippen LogP contribution in [0.15, 0.2) is 18.2 Å². The Kier molecular flexibility index (Phi) is 5.56. The zero-order valence-corrected chi connectivity index (χ0v) is 12.5. The van der Waals surface area contributed by atoms with Crippen molar-refractivity contribution >= 4 is 27.0 Å². The highest BCUT2D eigenvalue weighted by Gasteiger charge is 2.06. The van der Waals surface area contributed by atoms with E-state index in [0.717, 1.165) is 0 Å². The topological polar surface area (TPSA) is 78.6 Å². The van der Waals surface area contributed by atoms with Crippen molar-refractivity contribution in [3.63, 3.8) is 0 Å². The molecule has 106 valence electrons. The van der Waals surface area contributed by atoms with Crippen LogP contribution in [0.3, 0.4) is 0 Å². The predicted molar refractivity (Wildman–Crippen MR) is 78.7 cm³/mol. The van der Waals surface area contributed by atoms with Crippen LogP contribution in [-0.2, 0) is 9.84 Å². The van der Waals surface area contributed by atoms with Gasteiger partial charge in [0.2, 0.25) is 0 Å². The molecule has 1 rings (SSSR count). The molecule has 0 bridgehead atoms. The van der Waals surface area contributed by atoms with Crippen molar-refractivity contribution < 1.29 is 17.9 Å². The molecule has 0 radical (unpaired) electrons. The number of rotatable bonds is 7. The molecule has 5 nitrogen and oxygen atoms in total. The van der Waals surface area contributed by atoms with Crippen molar-refractivity contribution in [2.24, 2.45) is 5.73 Å². The Bertz CT molecular complexity index is 555. The summed E-state index contributed by atoms with van der Waals surface area (Å²) in [5.74, 6) is 1.23. The lowest BCUT2D eigenvalue weighted by Gasteiger charge is -2.10. The number of nitrogens with two attached hydrogens (primary N) is 1. The lowest BCUT2D eigenvalue weighted by Crippen LogP contribution is -2.11. The lowest BCUT2D eigenvalue weighted by molar-refractivity contribution is 0.315. The van der Waals surface area contributed by atoms with Gasteiger partial charge in [-0.15, -0.1) is 0 Å². The summed E-state index contributed by atoms with van der Waals surface area (Å²) >= 11 is 4.90. The van der Waals surface area contributed by atoms with Gasteiger partial charge in [-0.3, -0.25) is 0 Å². The number of ether oxygens (including phenoxy) is 2. The van der Waals surface area contributed by atoms with Gasteiger partial charge in [0.25, 0.3) is 0 Å². The third-order valence-corrected chi connectivity index (χ3v) is 3.59. The third-order valence-electron chi connectivity index (χ3n) is 2.33. The largest absolute Gasteiger partial charge is 0.497 e. The Balaban J connectivity index is 2.67. The second-order valence-corrected chi connectivity index (χ2v) is 6.79. The number of methoxy groups -OCH3 is 1. The quantitative estimate of drug-likeness (QED) is 0.601. The smallest absolute Gasteiger partial charge is 0.147 e. The van der Waals surface area contributed by atoms with Crippen LogP contribution in [0, 0.1) is 0 Å². The van der Waals surface area contributed by atoms with E-state index in [2.05, 4.69) is 0 Å². The molecule has 0 aliphatic rings. The number of hydrogen-bond donors (Lipinski definition) is 1. The molecular weight excluding hydrogens is 286 g/mol. The van der Waals surface area contributed by atoms with E-state index in [1.54, 1.807) is 18.2 Å². The van der Waals surface area contributed by atoms with Crippen molar-refractivity contribution in [3.8, 4) is 11.5 Å². The van der Waals surface area contributed by atoms with Crippen LogP contribution in [-0.4, -0.2) is 39.1 Å². The molecule has 0 heterocycles. The second-order valence-electron chi connectivity index (χ2n) is 4.09. The number of thiocarbonyl (C=S) groups is 1. The zero-order valence-electron chi connectivity index (χ0n) is 10.9. The molecule has 2 N–H and O–H groups in total. The molecule has 0 aliphatic heterocycles. The fourth-order valence-electron chi connectivity index (χ4n) is 1.43. The summed E-state index contributed by atoms with van der Waals surface area (Å²) in [6.45, 7) is 0.303. The van der Waals surface area contributed by atoms with Gasteiger partial charge in [0.1, 0.15) is 26.3 Å². The van der Waals surface area contributed by atoms with E-state index in [1.165, 1.54) is 13.4 Å². The first kappa shape index (κ1) is 15.7. The molecule has 7 heteroatoms. The maximum absolute atomic E-state index is 11.0. The normalized spacial score (nSPS) is 11.1. The van der Waals surface area contributed by atoms with Gasteiger partial charge in [-0.2, -0.15) is 0 Å². The first-order chi connectivity index (χ1) is 8.81. The second kappa shape index (κ2) is 6.72. The van der Waals surface area contributed by atoms with Crippen LogP contribution >= 0.6 is 12.2 Å². The number of hydrogen-bond acceptors (Lipinski definition) is 5. The van der Waals surface area contributed by atoms with Gasteiger partial charge in [0.05, 0.1) is 19.5 Å². The van der Waals surface area contributed by atoms with Gasteiger partial charge in [0, 0.05) is 17.9 Å². The highest BCUT2D eigenvalue weighted by Crippen LogP contribution is 2.22. The molecule has 1 aromatic rings. The first-order valence-electron chi connectivity index (χ1n) is 5.61. The van der Waals surface area contributed by atoms with E-state index in [-0.39, 0.29) is 10.7 Å². The molecule has 0 aliphatic carbocycles. The average molecular weight is 303 g/mol. The molecule has 0 aromatic heterocycles. The minimum atomic E-state index is -2.96. The number of benzene rings is 1. The average Bonchev–Trinajstić information content (AvgIpc) is 2.33. The van der Waals surface area contributed by atoms with Crippen molar-refractivity contribution in [1.29, 1.82) is 0 Å². The van der Waals surface area contributed by atoms with Crippen molar-refractivity contribution in [2.75, 3.05) is 25.7 Å². The fraction of sp³-hybridized carbons (Fsp3) is 0.417. The SMILES string of the molecule is COc1cc(OCCCS(C)(=O)=O)cc(C(N)=S)c1. The Labute approximate surface area is 118 Å². The molecule has 0 unspecified atom stereocenters. The monoisotopic (exact) mass is 303 g/mol. The molecule has 0 saturated heterocycles. The predicted octanol–water partition coefficient (Wildman–Crippen LogP) is 1.14. The van der Waals surface area contributed by atoms with E-state index in [9.17, 15) is 8.42 Å². The van der Waals surface area contributed by atoms with E-state index < -0.39 is 9.84 Å². The highest BCUT2D eigenvalue weighted by atomic mass is 32.2. The summed E-state index contributed by atoms with van der Waals surface area (Å²) in [7, 11) is -1.42. The summed E-state index contributed by atoms with van der Waals surface area (Å²) in [4.78, 5) is 0.250. The van der Waals surface area contributed by atoms with Gasteiger partial charge < -0.3 is 15.2 Å². The van der Waals surface area contributed by atoms with Crippen LogP contribution in [0.5, 0.6) is 11.5 Å². The van der Waals surface area contributed by atoms with Gasteiger partial charge >= 0.3 is 0 Å². The van der Waals surface area contributed by atoms with Crippen LogP contribution in [0.1, 0.15) is 12.0 Å². The first-order valence-corrected chi connectivity index (χ1v) is 8.08. The third kappa shape index (κ3) is 5.89. The minimum Gasteiger partial charge on any atom is -0.497 e. The molecule has 0 fully saturated rings. The molecule has 0 spiro atoms. The Morgan fingerprint density at radius 2 is 1.95 bits per heavy atom. The van der Waals surface area contributed by atoms with Crippen molar-refractivity contribution in [3.05, 3.63) is 23.8 Å². The van der Waals surface area contributed by atoms with Gasteiger partial charge in [-0.25, -0.2) is 8.42 Å². The van der Waals surface area contributed by atoms with Gasteiger partial charge in [0.15, 0.2) is 0 Å². The van der Waals surface area contributed by atoms with Crippen molar-refractivity contribution in [1.82, 2.24) is 0 Å². The number of sulfone groups is 1. The van der Waals surface area contributed by atoms with Crippen LogP contribution < -0.4 is 15.2 Å². The molecule has 1 aromatic carbocycles. The van der Waals surface area contributed by atoms with Gasteiger partial charge in [-0.05, 0) is 18.6 Å². The molecule has 0 saturated carbocycles. The summed E-state index contributed by atoms with van der Waals surface area (Å²) in [5.41, 5.74) is 6.20. The van der Waals surface area contributed by atoms with Crippen molar-refractivity contribution in [2.45, 2.75) is 6.42 Å². The summed E-state index contributed by atoms with van der Waals surface area (Å²) in [6.07, 6.45) is 1.63. The van der Waals surface area contributed by atoms with Gasteiger partial charge in [-0.1, -0.05) is 12.2 Å². The molecule has 0 atom stereocenters. The van der Waals surface area contributed by atoms with E-state index in [4.69, 9.17) is 27.4 Å². The Morgan fingerprint density at radius 3 is 2.47 bits per heavy atom. The lowest BCUT2D eigenvalue weighted by atomic mass is 10.2. The maximum atomic E-state index is 11.0. The summed E-state index contributed by atoms with van der Waals surface area (Å²) in [5, 5.41) is 0. The van der Waals surface area contributed by atoms with Crippen LogP contribution in [0.4, 0.5) is 0 Å². The zero-order chi connectivity index (χ0) is 14.5. The van der Waals surface area contributed by atoms with E-state index >= 15 is 0 Å². The fourth-order valence-corrected chi connectivity index (χ4v) is 2.19. The molecule has 0 amide bonds. The summed E-state index contributed by atoms with van der Waals surface area (Å²) < 4.78 is 32.5. The highest BCUT2D eigenvalue weighted by molar-refractivity contribution is 7.90. The molecule has 19 heavy (non-hydrogen) atoms. The summed E-state index contributed by atoms with van der Waals surface area (Å²) in [6, 6.07) is 5.11. The van der Waals surface area contributed by atoms with E-state index in [0.29, 0.717) is 30.1 Å². The standard InChI is InChI=1S/C12H17NO4S2/c1-16-10-6-9(12(13)18)7-11(8-10)17-4-3-5-19(2,14)15/h6-8H,3-5H2,1-2H3,(H2,13,18). The minimum absolute atomic E-state index is 0.0964. The Hall–Kier alpha value is -1.34. The van der Waals surface area contributed by atoms with Crippen LogP contribution in [0.25, 0.3) is 0 Å². The van der Waals surface area contributed by atoms with E-state index in [1.807, 2.05) is 0 Å². The Morgan fingerprint density at radius 1 is 1.32 bits per heavy atom. The maximum Gasteiger partial charge on any atom is 0.147 e.